The minimum absolute atomic E-state index is 0.0804. The molecule has 0 saturated carbocycles. The van der Waals surface area contributed by atoms with Crippen molar-refractivity contribution in [3.63, 3.8) is 0 Å². The van der Waals surface area contributed by atoms with Crippen LogP contribution in [0.15, 0.2) is 78.9 Å². The fourth-order valence-corrected chi connectivity index (χ4v) is 3.73. The van der Waals surface area contributed by atoms with Crippen molar-refractivity contribution in [3.8, 4) is 0 Å². The summed E-state index contributed by atoms with van der Waals surface area (Å²) < 4.78 is 24.2. The second kappa shape index (κ2) is 10.1. The molecule has 2 atom stereocenters. The van der Waals surface area contributed by atoms with Gasteiger partial charge in [-0.3, -0.25) is 9.00 Å². The van der Waals surface area contributed by atoms with E-state index in [9.17, 15) is 18.7 Å². The van der Waals surface area contributed by atoms with E-state index in [1.54, 1.807) is 12.1 Å². The zero-order valence-electron chi connectivity index (χ0n) is 15.8. The first kappa shape index (κ1) is 20.9. The van der Waals surface area contributed by atoms with Crippen molar-refractivity contribution in [1.29, 1.82) is 0 Å². The lowest BCUT2D eigenvalue weighted by atomic mass is 9.85. The van der Waals surface area contributed by atoms with Crippen LogP contribution in [0.1, 0.15) is 33.0 Å². The van der Waals surface area contributed by atoms with Gasteiger partial charge in [-0.05, 0) is 53.6 Å². The quantitative estimate of drug-likeness (QED) is 0.418. The van der Waals surface area contributed by atoms with E-state index in [1.807, 2.05) is 54.6 Å². The summed E-state index contributed by atoms with van der Waals surface area (Å²) in [7, 11) is 0. The van der Waals surface area contributed by atoms with Crippen molar-refractivity contribution in [3.05, 3.63) is 101 Å². The predicted octanol–water partition coefficient (Wildman–Crippen LogP) is 3.64. The lowest BCUT2D eigenvalue weighted by Gasteiger charge is -2.19. The lowest BCUT2D eigenvalue weighted by Crippen LogP contribution is -2.10. The fourth-order valence-electron chi connectivity index (χ4n) is 3.41. The number of benzene rings is 3. The zero-order valence-corrected chi connectivity index (χ0v) is 16.6. The number of carbonyl (C=O) groups is 1. The summed E-state index contributed by atoms with van der Waals surface area (Å²) in [6, 6.07) is 24.7. The Labute approximate surface area is 172 Å². The molecule has 3 rings (SSSR count). The van der Waals surface area contributed by atoms with E-state index in [1.165, 1.54) is 5.56 Å². The number of ketones is 1. The SMILES string of the molecule is O=C(CO)c1cccc(C(Cc2ccccc2)Cc2cccc(NS(=O)[O-])c2)c1. The van der Waals surface area contributed by atoms with Gasteiger partial charge in [0.15, 0.2) is 5.78 Å². The van der Waals surface area contributed by atoms with Crippen LogP contribution < -0.4 is 4.72 Å². The number of hydrogen-bond acceptors (Lipinski definition) is 4. The topological polar surface area (TPSA) is 89.5 Å². The summed E-state index contributed by atoms with van der Waals surface area (Å²) in [5, 5.41) is 9.18. The molecule has 0 aliphatic carbocycles. The van der Waals surface area contributed by atoms with Crippen molar-refractivity contribution in [1.82, 2.24) is 0 Å². The molecular weight excluding hydrogens is 386 g/mol. The number of Topliss-reactive ketones (excluding diaryl/α,β-unsaturated/α-hetero) is 1. The molecule has 6 heteroatoms. The van der Waals surface area contributed by atoms with Crippen molar-refractivity contribution >= 4 is 22.7 Å². The molecule has 2 N–H and O–H groups in total. The second-order valence-corrected chi connectivity index (χ2v) is 7.51. The van der Waals surface area contributed by atoms with Crippen LogP contribution in [0.4, 0.5) is 5.69 Å². The Morgan fingerprint density at radius 1 is 0.931 bits per heavy atom. The van der Waals surface area contributed by atoms with Gasteiger partial charge in [-0.15, -0.1) is 0 Å². The largest absolute Gasteiger partial charge is 0.755 e. The third kappa shape index (κ3) is 6.09. The van der Waals surface area contributed by atoms with Crippen LogP contribution in [0, 0.1) is 0 Å². The van der Waals surface area contributed by atoms with Gasteiger partial charge in [0.25, 0.3) is 0 Å². The summed E-state index contributed by atoms with van der Waals surface area (Å²) in [4.78, 5) is 11.9. The van der Waals surface area contributed by atoms with Crippen molar-refractivity contribution in [2.24, 2.45) is 0 Å². The molecule has 0 heterocycles. The van der Waals surface area contributed by atoms with Gasteiger partial charge in [0.2, 0.25) is 0 Å². The minimum atomic E-state index is -2.38. The monoisotopic (exact) mass is 408 g/mol. The summed E-state index contributed by atoms with van der Waals surface area (Å²) in [5.41, 5.74) is 4.16. The molecule has 0 fully saturated rings. The molecule has 0 radical (unpaired) electrons. The third-order valence-electron chi connectivity index (χ3n) is 4.76. The average molecular weight is 408 g/mol. The number of carbonyl (C=O) groups excluding carboxylic acids is 1. The molecule has 2 unspecified atom stereocenters. The molecule has 29 heavy (non-hydrogen) atoms. The molecule has 0 amide bonds. The Balaban J connectivity index is 1.91. The van der Waals surface area contributed by atoms with Gasteiger partial charge >= 0.3 is 0 Å². The second-order valence-electron chi connectivity index (χ2n) is 6.83. The molecule has 3 aromatic carbocycles. The van der Waals surface area contributed by atoms with Crippen LogP contribution in [0.25, 0.3) is 0 Å². The Bertz CT molecular complexity index is 991. The Morgan fingerprint density at radius 3 is 2.34 bits per heavy atom. The minimum Gasteiger partial charge on any atom is -0.755 e. The number of nitrogens with one attached hydrogen (secondary N) is 1. The van der Waals surface area contributed by atoms with Crippen LogP contribution in [0.2, 0.25) is 0 Å². The zero-order chi connectivity index (χ0) is 20.6. The van der Waals surface area contributed by atoms with E-state index < -0.39 is 17.9 Å². The first-order valence-electron chi connectivity index (χ1n) is 9.28. The van der Waals surface area contributed by atoms with Crippen LogP contribution in [0.5, 0.6) is 0 Å². The number of aliphatic hydroxyl groups excluding tert-OH is 1. The molecule has 3 aromatic rings. The highest BCUT2D eigenvalue weighted by atomic mass is 32.2. The van der Waals surface area contributed by atoms with Crippen LogP contribution in [-0.4, -0.2) is 26.3 Å². The van der Waals surface area contributed by atoms with Crippen molar-refractivity contribution < 1.29 is 18.7 Å². The van der Waals surface area contributed by atoms with Gasteiger partial charge < -0.3 is 14.4 Å². The average Bonchev–Trinajstić information content (AvgIpc) is 2.73. The third-order valence-corrected chi connectivity index (χ3v) is 5.16. The predicted molar refractivity (Wildman–Crippen MR) is 113 cm³/mol. The number of aliphatic hydroxyl groups is 1. The van der Waals surface area contributed by atoms with Crippen LogP contribution >= 0.6 is 0 Å². The normalized spacial score (nSPS) is 12.9. The fraction of sp³-hybridized carbons (Fsp3) is 0.174. The molecule has 0 spiro atoms. The number of rotatable bonds is 9. The molecule has 150 valence electrons. The molecule has 0 saturated heterocycles. The highest BCUT2D eigenvalue weighted by Crippen LogP contribution is 2.27. The van der Waals surface area contributed by atoms with Crippen molar-refractivity contribution in [2.75, 3.05) is 11.3 Å². The maximum atomic E-state index is 11.9. The van der Waals surface area contributed by atoms with Crippen LogP contribution in [-0.2, 0) is 24.1 Å². The van der Waals surface area contributed by atoms with E-state index in [0.717, 1.165) is 17.5 Å². The van der Waals surface area contributed by atoms with Crippen LogP contribution in [0.3, 0.4) is 0 Å². The summed E-state index contributed by atoms with van der Waals surface area (Å²) in [5.74, 6) is -0.230. The summed E-state index contributed by atoms with van der Waals surface area (Å²) in [6.07, 6.45) is 1.44. The Hall–Kier alpha value is -2.80. The first-order valence-corrected chi connectivity index (χ1v) is 10.4. The standard InChI is InChI=1S/C23H23NO4S/c25-16-23(26)20-10-5-9-19(15-20)21(12-17-6-2-1-3-7-17)13-18-8-4-11-22(14-18)24-29(27)28/h1-11,14-15,21,24-25H,12-13,16H2,(H,27,28)/p-1. The van der Waals surface area contributed by atoms with E-state index in [-0.39, 0.29) is 11.7 Å². The maximum Gasteiger partial charge on any atom is 0.188 e. The van der Waals surface area contributed by atoms with Gasteiger partial charge in [-0.2, -0.15) is 0 Å². The first-order chi connectivity index (χ1) is 14.0. The summed E-state index contributed by atoms with van der Waals surface area (Å²) >= 11 is -2.38. The Kier molecular flexibility index (Phi) is 7.30. The van der Waals surface area contributed by atoms with Gasteiger partial charge in [-0.25, -0.2) is 0 Å². The molecular formula is C23H22NO4S-. The maximum absolute atomic E-state index is 11.9. The smallest absolute Gasteiger partial charge is 0.188 e. The Morgan fingerprint density at radius 2 is 1.62 bits per heavy atom. The lowest BCUT2D eigenvalue weighted by molar-refractivity contribution is 0.0903. The van der Waals surface area contributed by atoms with E-state index in [0.29, 0.717) is 17.7 Å². The van der Waals surface area contributed by atoms with Gasteiger partial charge in [0.1, 0.15) is 6.61 Å². The van der Waals surface area contributed by atoms with Gasteiger partial charge in [0, 0.05) is 22.5 Å². The van der Waals surface area contributed by atoms with E-state index >= 15 is 0 Å². The molecule has 0 bridgehead atoms. The molecule has 5 nitrogen and oxygen atoms in total. The number of hydrogen-bond donors (Lipinski definition) is 2. The highest BCUT2D eigenvalue weighted by Gasteiger charge is 2.16. The highest BCUT2D eigenvalue weighted by molar-refractivity contribution is 7.80. The number of anilines is 1. The van der Waals surface area contributed by atoms with Crippen molar-refractivity contribution in [2.45, 2.75) is 18.8 Å². The summed E-state index contributed by atoms with van der Waals surface area (Å²) in [6.45, 7) is -0.521. The molecule has 0 aliphatic rings. The molecule has 0 aliphatic heterocycles. The van der Waals surface area contributed by atoms with E-state index in [4.69, 9.17) is 0 Å². The van der Waals surface area contributed by atoms with E-state index in [2.05, 4.69) is 16.9 Å². The van der Waals surface area contributed by atoms with Gasteiger partial charge in [-0.1, -0.05) is 60.7 Å². The van der Waals surface area contributed by atoms with Gasteiger partial charge in [0.05, 0.1) is 0 Å². The molecule has 0 aromatic heterocycles.